The molecule has 4 rings (SSSR count). The van der Waals surface area contributed by atoms with Gasteiger partial charge in [-0.2, -0.15) is 5.26 Å². The molecular weight excluding hydrogens is 380 g/mol. The van der Waals surface area contributed by atoms with Gasteiger partial charge in [-0.15, -0.1) is 0 Å². The number of amides is 1. The molecule has 0 saturated carbocycles. The van der Waals surface area contributed by atoms with E-state index in [9.17, 15) is 4.79 Å². The second-order valence-corrected chi connectivity index (χ2v) is 7.95. The number of nitriles is 1. The van der Waals surface area contributed by atoms with Crippen molar-refractivity contribution in [2.75, 3.05) is 16.8 Å². The van der Waals surface area contributed by atoms with Crippen LogP contribution in [0.4, 0.5) is 17.2 Å². The number of pyridine rings is 1. The molecule has 0 bridgehead atoms. The monoisotopic (exact) mass is 406 g/mol. The Labute approximate surface area is 176 Å². The second-order valence-electron chi connectivity index (χ2n) is 7.95. The molecule has 3 heterocycles. The fraction of sp³-hybridized carbons (Fsp3) is 0.435. The van der Waals surface area contributed by atoms with E-state index in [0.29, 0.717) is 19.6 Å². The van der Waals surface area contributed by atoms with Crippen molar-refractivity contribution in [3.05, 3.63) is 47.7 Å². The van der Waals surface area contributed by atoms with E-state index in [1.807, 2.05) is 44.2 Å². The number of anilines is 3. The van der Waals surface area contributed by atoms with E-state index in [0.717, 1.165) is 34.7 Å². The van der Waals surface area contributed by atoms with Crippen LogP contribution in [-0.2, 0) is 27.2 Å². The molecule has 156 valence electrons. The molecule has 30 heavy (non-hydrogen) atoms. The van der Waals surface area contributed by atoms with Crippen LogP contribution in [0.5, 0.6) is 0 Å². The second kappa shape index (κ2) is 8.82. The van der Waals surface area contributed by atoms with E-state index in [4.69, 9.17) is 14.7 Å². The standard InChI is InChI=1S/C23H26N4O3/c1-15(2)30-18-6-8-21(29-14-18)23(28)27-13-17-4-3-11-25-22(17)26-19-7-5-16(9-10-24)12-20(19)27/h3-5,7,11-12,15,18,21H,6,8-9,13-14H2,1-2H3,(H,25,26)/t18-,21?/m0/s1. The van der Waals surface area contributed by atoms with Crippen molar-refractivity contribution in [1.29, 1.82) is 5.26 Å². The summed E-state index contributed by atoms with van der Waals surface area (Å²) in [7, 11) is 0. The highest BCUT2D eigenvalue weighted by molar-refractivity contribution is 6.00. The highest BCUT2D eigenvalue weighted by atomic mass is 16.5. The zero-order valence-corrected chi connectivity index (χ0v) is 17.3. The van der Waals surface area contributed by atoms with Gasteiger partial charge >= 0.3 is 0 Å². The molecule has 1 saturated heterocycles. The Bertz CT molecular complexity index is 961. The lowest BCUT2D eigenvalue weighted by Crippen LogP contribution is -2.44. The molecule has 2 aliphatic rings. The van der Waals surface area contributed by atoms with Gasteiger partial charge in [0.05, 0.1) is 49.2 Å². The van der Waals surface area contributed by atoms with Crippen molar-refractivity contribution < 1.29 is 14.3 Å². The topological polar surface area (TPSA) is 87.5 Å². The van der Waals surface area contributed by atoms with Crippen LogP contribution in [0.3, 0.4) is 0 Å². The van der Waals surface area contributed by atoms with E-state index >= 15 is 0 Å². The fourth-order valence-corrected chi connectivity index (χ4v) is 3.95. The molecule has 0 spiro atoms. The van der Waals surface area contributed by atoms with Gasteiger partial charge < -0.3 is 19.7 Å². The first-order valence-corrected chi connectivity index (χ1v) is 10.3. The molecular formula is C23H26N4O3. The molecule has 7 heteroatoms. The third kappa shape index (κ3) is 4.30. The Hall–Kier alpha value is -2.95. The number of hydrogen-bond acceptors (Lipinski definition) is 6. The molecule has 0 aliphatic carbocycles. The summed E-state index contributed by atoms with van der Waals surface area (Å²) < 4.78 is 11.8. The average Bonchev–Trinajstić information content (AvgIpc) is 2.90. The summed E-state index contributed by atoms with van der Waals surface area (Å²) >= 11 is 0. The van der Waals surface area contributed by atoms with Crippen molar-refractivity contribution in [3.63, 3.8) is 0 Å². The summed E-state index contributed by atoms with van der Waals surface area (Å²) in [6, 6.07) is 11.7. The highest BCUT2D eigenvalue weighted by Crippen LogP contribution is 2.36. The van der Waals surface area contributed by atoms with E-state index in [-0.39, 0.29) is 24.5 Å². The molecule has 2 atom stereocenters. The number of hydrogen-bond donors (Lipinski definition) is 1. The van der Waals surface area contributed by atoms with Crippen molar-refractivity contribution in [1.82, 2.24) is 4.98 Å². The normalized spacial score (nSPS) is 20.5. The fourth-order valence-electron chi connectivity index (χ4n) is 3.95. The minimum atomic E-state index is -0.511. The molecule has 1 aromatic heterocycles. The largest absolute Gasteiger partial charge is 0.373 e. The van der Waals surface area contributed by atoms with Crippen molar-refractivity contribution in [3.8, 4) is 6.07 Å². The third-order valence-corrected chi connectivity index (χ3v) is 5.35. The maximum absolute atomic E-state index is 13.5. The van der Waals surface area contributed by atoms with Crippen LogP contribution in [0.1, 0.15) is 37.8 Å². The van der Waals surface area contributed by atoms with E-state index in [1.54, 1.807) is 11.1 Å². The number of nitrogens with one attached hydrogen (secondary N) is 1. The van der Waals surface area contributed by atoms with Gasteiger partial charge in [-0.25, -0.2) is 4.98 Å². The average molecular weight is 406 g/mol. The SMILES string of the molecule is CC(C)O[C@H]1CCC(C(=O)N2Cc3cccnc3Nc3ccc(CC#N)cc32)OC1. The number of rotatable bonds is 4. The number of aromatic nitrogens is 1. The van der Waals surface area contributed by atoms with Crippen molar-refractivity contribution in [2.24, 2.45) is 0 Å². The Morgan fingerprint density at radius 2 is 2.27 bits per heavy atom. The first-order chi connectivity index (χ1) is 14.5. The van der Waals surface area contributed by atoms with Gasteiger partial charge in [0.2, 0.25) is 0 Å². The van der Waals surface area contributed by atoms with Crippen molar-refractivity contribution >= 4 is 23.1 Å². The quantitative estimate of drug-likeness (QED) is 0.833. The van der Waals surface area contributed by atoms with Crippen molar-refractivity contribution in [2.45, 2.75) is 58.0 Å². The summed E-state index contributed by atoms with van der Waals surface area (Å²) in [6.45, 7) is 4.81. The van der Waals surface area contributed by atoms with Crippen LogP contribution < -0.4 is 10.2 Å². The smallest absolute Gasteiger partial charge is 0.256 e. The zero-order chi connectivity index (χ0) is 21.1. The van der Waals surface area contributed by atoms with E-state index < -0.39 is 6.10 Å². The molecule has 1 amide bonds. The number of nitrogens with zero attached hydrogens (tertiary/aromatic N) is 3. The predicted octanol–water partition coefficient (Wildman–Crippen LogP) is 3.71. The minimum absolute atomic E-state index is 0.0271. The molecule has 0 radical (unpaired) electrons. The predicted molar refractivity (Wildman–Crippen MR) is 113 cm³/mol. The van der Waals surface area contributed by atoms with Crippen LogP contribution in [-0.4, -0.2) is 35.8 Å². The van der Waals surface area contributed by atoms with Crippen LogP contribution in [0.15, 0.2) is 36.5 Å². The lowest BCUT2D eigenvalue weighted by atomic mass is 10.0. The van der Waals surface area contributed by atoms with E-state index in [1.165, 1.54) is 0 Å². The van der Waals surface area contributed by atoms with Gasteiger partial charge in [0.15, 0.2) is 0 Å². The molecule has 7 nitrogen and oxygen atoms in total. The first-order valence-electron chi connectivity index (χ1n) is 10.3. The molecule has 2 aliphatic heterocycles. The number of benzene rings is 1. The molecule has 1 N–H and O–H groups in total. The Balaban J connectivity index is 1.62. The number of carbonyl (C=O) groups excluding carboxylic acids is 1. The van der Waals surface area contributed by atoms with Gasteiger partial charge in [0.25, 0.3) is 5.91 Å². The highest BCUT2D eigenvalue weighted by Gasteiger charge is 2.34. The van der Waals surface area contributed by atoms with Gasteiger partial charge in [-0.3, -0.25) is 4.79 Å². The molecule has 2 aromatic rings. The number of carbonyl (C=O) groups is 1. The lowest BCUT2D eigenvalue weighted by Gasteiger charge is -2.33. The summed E-state index contributed by atoms with van der Waals surface area (Å²) in [5.74, 6) is 0.656. The summed E-state index contributed by atoms with van der Waals surface area (Å²) in [5.41, 5.74) is 3.33. The first kappa shape index (κ1) is 20.3. The summed E-state index contributed by atoms with van der Waals surface area (Å²) in [4.78, 5) is 19.7. The Morgan fingerprint density at radius 3 is 3.00 bits per heavy atom. The molecule has 1 aromatic carbocycles. The van der Waals surface area contributed by atoms with E-state index in [2.05, 4.69) is 16.4 Å². The van der Waals surface area contributed by atoms with Crippen LogP contribution in [0.25, 0.3) is 0 Å². The van der Waals surface area contributed by atoms with Gasteiger partial charge in [0, 0.05) is 11.8 Å². The maximum atomic E-state index is 13.5. The molecule has 1 fully saturated rings. The Morgan fingerprint density at radius 1 is 1.40 bits per heavy atom. The Kier molecular flexibility index (Phi) is 5.98. The maximum Gasteiger partial charge on any atom is 0.256 e. The van der Waals surface area contributed by atoms with Gasteiger partial charge in [-0.05, 0) is 50.5 Å². The van der Waals surface area contributed by atoms with Crippen LogP contribution >= 0.6 is 0 Å². The third-order valence-electron chi connectivity index (χ3n) is 5.35. The number of ether oxygens (including phenoxy) is 2. The van der Waals surface area contributed by atoms with Gasteiger partial charge in [-0.1, -0.05) is 12.1 Å². The zero-order valence-electron chi connectivity index (χ0n) is 17.3. The summed E-state index contributed by atoms with van der Waals surface area (Å²) in [5, 5.41) is 12.4. The number of fused-ring (bicyclic) bond motifs is 2. The van der Waals surface area contributed by atoms with Gasteiger partial charge in [0.1, 0.15) is 11.9 Å². The molecule has 1 unspecified atom stereocenters. The summed E-state index contributed by atoms with van der Waals surface area (Å²) in [6.07, 6.45) is 3.08. The minimum Gasteiger partial charge on any atom is -0.373 e. The lowest BCUT2D eigenvalue weighted by molar-refractivity contribution is -0.143. The van der Waals surface area contributed by atoms with Crippen LogP contribution in [0.2, 0.25) is 0 Å². The van der Waals surface area contributed by atoms with Crippen LogP contribution in [0, 0.1) is 11.3 Å².